The average Bonchev–Trinajstić information content (AvgIpc) is 3.40. The van der Waals surface area contributed by atoms with E-state index in [1.165, 1.54) is 0 Å². The summed E-state index contributed by atoms with van der Waals surface area (Å²) in [6.45, 7) is 9.60. The number of aliphatic hydroxyl groups excluding tert-OH is 3. The van der Waals surface area contributed by atoms with E-state index in [0.29, 0.717) is 75.0 Å². The minimum atomic E-state index is -1.42. The molecule has 0 bridgehead atoms. The Morgan fingerprint density at radius 3 is 2.51 bits per heavy atom. The van der Waals surface area contributed by atoms with E-state index in [4.69, 9.17) is 19.9 Å². The average molecular weight is 710 g/mol. The van der Waals surface area contributed by atoms with Crippen molar-refractivity contribution < 1.29 is 61.0 Å². The molecule has 1 spiro atoms. The molecular weight excluding hydrogens is 657 g/mol. The largest absolute Gasteiger partial charge is 0.543 e. The Labute approximate surface area is 287 Å². The van der Waals surface area contributed by atoms with Gasteiger partial charge in [0.15, 0.2) is 5.72 Å². The van der Waals surface area contributed by atoms with Crippen LogP contribution in [0.3, 0.4) is 0 Å². The van der Waals surface area contributed by atoms with E-state index in [0.717, 1.165) is 0 Å². The van der Waals surface area contributed by atoms with Crippen molar-refractivity contribution >= 4 is 12.0 Å². The fourth-order valence-corrected chi connectivity index (χ4v) is 6.73. The van der Waals surface area contributed by atoms with Gasteiger partial charge in [-0.1, -0.05) is 0 Å². The van der Waals surface area contributed by atoms with Crippen LogP contribution in [0.5, 0.6) is 5.75 Å². The van der Waals surface area contributed by atoms with Gasteiger partial charge in [-0.05, 0) is 78.0 Å². The zero-order chi connectivity index (χ0) is 34.0. The molecule has 2 amide bonds. The number of morpholine rings is 1. The summed E-state index contributed by atoms with van der Waals surface area (Å²) in [5, 5.41) is 46.0. The van der Waals surface area contributed by atoms with Gasteiger partial charge in [-0.2, -0.15) is 6.10 Å². The van der Waals surface area contributed by atoms with Crippen molar-refractivity contribution in [2.24, 2.45) is 5.73 Å². The first-order valence-electron chi connectivity index (χ1n) is 15.9. The van der Waals surface area contributed by atoms with Crippen molar-refractivity contribution in [2.45, 2.75) is 88.7 Å². The second-order valence-electron chi connectivity index (χ2n) is 13.7. The van der Waals surface area contributed by atoms with Crippen molar-refractivity contribution in [3.05, 3.63) is 34.9 Å². The van der Waals surface area contributed by atoms with E-state index >= 15 is 0 Å². The molecular formula is C32H52CoN5O9-. The van der Waals surface area contributed by atoms with Gasteiger partial charge in [0.2, 0.25) is 0 Å². The normalized spacial score (nSPS) is 27.0. The van der Waals surface area contributed by atoms with E-state index in [9.17, 15) is 30.0 Å². The number of phenols is 1. The molecule has 3 aliphatic rings. The number of amides is 2. The molecule has 14 nitrogen and oxygen atoms in total. The molecule has 4 rings (SSSR count). The summed E-state index contributed by atoms with van der Waals surface area (Å²) in [6, 6.07) is 2.50. The molecule has 1 radical (unpaired) electrons. The Morgan fingerprint density at radius 2 is 1.89 bits per heavy atom. The fourth-order valence-electron chi connectivity index (χ4n) is 6.73. The SMILES string of the molecule is Cc1cc(C(=O)NC[C@@H](O)[C@@H](O)[C@@H]2O[C-](CCN3CCOC[C@@]34CCN(C(=O)OC(C)(C)N)C4)C[C@H](O)C2N(C)C)cc(C)c1O.[Co]. The number of nitrogens with one attached hydrogen (secondary N) is 1. The first kappa shape index (κ1) is 39.4. The smallest absolute Gasteiger partial charge is 0.411 e. The minimum absolute atomic E-state index is 0. The summed E-state index contributed by atoms with van der Waals surface area (Å²) >= 11 is 0. The maximum absolute atomic E-state index is 12.8. The van der Waals surface area contributed by atoms with Gasteiger partial charge in [-0.25, -0.2) is 4.79 Å². The number of likely N-dealkylation sites (N-methyl/N-ethyl adjacent to an activating group) is 1. The van der Waals surface area contributed by atoms with E-state index in [1.807, 2.05) is 0 Å². The number of carbonyl (C=O) groups is 2. The van der Waals surface area contributed by atoms with E-state index in [2.05, 4.69) is 10.2 Å². The molecule has 0 aliphatic carbocycles. The Bertz CT molecular complexity index is 1210. The first-order chi connectivity index (χ1) is 21.5. The molecule has 15 heteroatoms. The number of hydrogen-bond donors (Lipinski definition) is 6. The van der Waals surface area contributed by atoms with Gasteiger partial charge in [0.1, 0.15) is 11.9 Å². The molecule has 3 aliphatic heterocycles. The molecule has 1 unspecified atom stereocenters. The molecule has 3 fully saturated rings. The number of aliphatic hydroxyl groups is 3. The quantitative estimate of drug-likeness (QED) is 0.142. The molecule has 0 aromatic heterocycles. The van der Waals surface area contributed by atoms with E-state index in [1.54, 1.807) is 63.7 Å². The summed E-state index contributed by atoms with van der Waals surface area (Å²) in [5.74, 6) is -0.337. The predicted octanol–water partition coefficient (Wildman–Crippen LogP) is 0.0683. The second-order valence-corrected chi connectivity index (χ2v) is 13.7. The van der Waals surface area contributed by atoms with Crippen LogP contribution in [0.25, 0.3) is 0 Å². The number of aryl methyl sites for hydroxylation is 2. The molecule has 7 N–H and O–H groups in total. The molecule has 1 aromatic carbocycles. The van der Waals surface area contributed by atoms with Crippen LogP contribution in [-0.2, 0) is 31.0 Å². The summed E-state index contributed by atoms with van der Waals surface area (Å²) in [7, 11) is 3.54. The predicted molar refractivity (Wildman–Crippen MR) is 169 cm³/mol. The third-order valence-corrected chi connectivity index (χ3v) is 9.17. The van der Waals surface area contributed by atoms with Crippen LogP contribution in [-0.4, -0.2) is 149 Å². The van der Waals surface area contributed by atoms with Crippen LogP contribution in [0, 0.1) is 20.0 Å². The van der Waals surface area contributed by atoms with Gasteiger partial charge >= 0.3 is 6.09 Å². The van der Waals surface area contributed by atoms with Gasteiger partial charge < -0.3 is 49.8 Å². The summed E-state index contributed by atoms with van der Waals surface area (Å²) in [5.41, 5.74) is 5.85. The summed E-state index contributed by atoms with van der Waals surface area (Å²) < 4.78 is 17.5. The summed E-state index contributed by atoms with van der Waals surface area (Å²) in [4.78, 5) is 31.2. The third kappa shape index (κ3) is 9.56. The van der Waals surface area contributed by atoms with Crippen LogP contribution in [0.15, 0.2) is 12.1 Å². The van der Waals surface area contributed by atoms with Crippen LogP contribution < -0.4 is 11.1 Å². The van der Waals surface area contributed by atoms with Gasteiger partial charge in [0.25, 0.3) is 5.91 Å². The number of benzene rings is 1. The zero-order valence-corrected chi connectivity index (χ0v) is 29.2. The molecule has 3 heterocycles. The number of rotatable bonds is 10. The molecule has 1 aromatic rings. The Kier molecular flexibility index (Phi) is 13.5. The van der Waals surface area contributed by atoms with Gasteiger partial charge in [0.05, 0.1) is 37.0 Å². The first-order valence-corrected chi connectivity index (χ1v) is 15.9. The third-order valence-electron chi connectivity index (χ3n) is 9.17. The standard InChI is InChI=1S/C32H52N5O9.Co/c1-19-13-21(14-20(2)26(19)40)29(42)34-16-24(39)27(41)28-25(35(5)6)23(38)15-22(45-28)7-9-37-11-12-44-18-32(37)8-10-36(17-32)30(43)46-31(3,4)33;/h13-14,23-25,27-28,38-41H,7-12,15-18,33H2,1-6H3,(H,34,42);/q-1;/t23-,24+,25?,27+,28+,32-;/m0./s1. The number of ether oxygens (including phenoxy) is 3. The number of carbonyl (C=O) groups excluding carboxylic acids is 2. The Morgan fingerprint density at radius 1 is 1.23 bits per heavy atom. The molecule has 47 heavy (non-hydrogen) atoms. The fraction of sp³-hybridized carbons (Fsp3) is 0.719. The van der Waals surface area contributed by atoms with Crippen LogP contribution in [0.1, 0.15) is 54.6 Å². The maximum Gasteiger partial charge on any atom is 0.411 e. The number of hydrogen-bond acceptors (Lipinski definition) is 12. The molecule has 3 saturated heterocycles. The molecule has 6 atom stereocenters. The van der Waals surface area contributed by atoms with Crippen molar-refractivity contribution in [3.63, 3.8) is 0 Å². The van der Waals surface area contributed by atoms with Gasteiger partial charge in [-0.3, -0.25) is 15.4 Å². The maximum atomic E-state index is 12.8. The van der Waals surface area contributed by atoms with Crippen LogP contribution in [0.4, 0.5) is 4.79 Å². The molecule has 269 valence electrons. The van der Waals surface area contributed by atoms with E-state index in [-0.39, 0.29) is 35.5 Å². The number of nitrogens with two attached hydrogens (primary N) is 1. The topological polar surface area (TPSA) is 191 Å². The van der Waals surface area contributed by atoms with E-state index < -0.39 is 53.7 Å². The Hall–Kier alpha value is -2.05. The van der Waals surface area contributed by atoms with Crippen molar-refractivity contribution in [3.8, 4) is 5.75 Å². The Balaban J connectivity index is 0.00000600. The van der Waals surface area contributed by atoms with Crippen molar-refractivity contribution in [2.75, 3.05) is 60.0 Å². The monoisotopic (exact) mass is 709 g/mol. The number of aromatic hydroxyl groups is 1. The van der Waals surface area contributed by atoms with Gasteiger partial charge in [-0.15, -0.1) is 12.8 Å². The van der Waals surface area contributed by atoms with Gasteiger partial charge in [0, 0.05) is 54.6 Å². The second kappa shape index (κ2) is 16.1. The number of phenolic OH excluding ortho intramolecular Hbond substituents is 1. The van der Waals surface area contributed by atoms with Crippen molar-refractivity contribution in [1.29, 1.82) is 0 Å². The molecule has 0 saturated carbocycles. The zero-order valence-electron chi connectivity index (χ0n) is 28.2. The number of likely N-dealkylation sites (tertiary alicyclic amines) is 1. The van der Waals surface area contributed by atoms with Crippen LogP contribution in [0.2, 0.25) is 0 Å². The van der Waals surface area contributed by atoms with Crippen LogP contribution >= 0.6 is 0 Å². The number of nitrogens with zero attached hydrogens (tertiary/aromatic N) is 3. The van der Waals surface area contributed by atoms with Crippen molar-refractivity contribution in [1.82, 2.24) is 20.0 Å². The summed E-state index contributed by atoms with van der Waals surface area (Å²) in [6.07, 6.45) is -3.05. The minimum Gasteiger partial charge on any atom is -0.543 e.